The number of amides is 1. The average Bonchev–Trinajstić information content (AvgIpc) is 3.39. The Morgan fingerprint density at radius 2 is 2.04 bits per heavy atom. The van der Waals surface area contributed by atoms with Crippen LogP contribution < -0.4 is 10.9 Å². The molecular formula is C18H17N5O5. The molecule has 10 nitrogen and oxygen atoms in total. The minimum Gasteiger partial charge on any atom is -0.481 e. The normalized spacial score (nSPS) is 13.6. The number of furan rings is 1. The summed E-state index contributed by atoms with van der Waals surface area (Å²) in [4.78, 5) is 43.4. The maximum atomic E-state index is 12.6. The van der Waals surface area contributed by atoms with Gasteiger partial charge in [-0.2, -0.15) is 5.10 Å². The van der Waals surface area contributed by atoms with Crippen LogP contribution >= 0.6 is 0 Å². The molecule has 4 rings (SSSR count). The summed E-state index contributed by atoms with van der Waals surface area (Å²) in [6, 6.07) is 1.74. The zero-order valence-electron chi connectivity index (χ0n) is 15.0. The predicted molar refractivity (Wildman–Crippen MR) is 97.0 cm³/mol. The molecule has 0 unspecified atom stereocenters. The van der Waals surface area contributed by atoms with E-state index in [1.165, 1.54) is 12.4 Å². The summed E-state index contributed by atoms with van der Waals surface area (Å²) in [6.45, 7) is 1.42. The first-order valence-electron chi connectivity index (χ1n) is 8.74. The van der Waals surface area contributed by atoms with Crippen LogP contribution in [0.25, 0.3) is 11.0 Å². The maximum Gasteiger partial charge on any atom is 0.307 e. The van der Waals surface area contributed by atoms with Crippen LogP contribution in [0.2, 0.25) is 0 Å². The van der Waals surface area contributed by atoms with E-state index in [2.05, 4.69) is 20.4 Å². The number of hydrogen-bond acceptors (Lipinski definition) is 7. The number of nitrogens with one attached hydrogen (secondary N) is 1. The SMILES string of the molecule is Cc1nn(CC(=O)Nc2ncc(CC(=O)O)cn2)c(=O)c2cc(C3CC3)oc12. The lowest BCUT2D eigenvalue weighted by Crippen LogP contribution is -2.30. The van der Waals surface area contributed by atoms with Gasteiger partial charge in [-0.05, 0) is 25.8 Å². The van der Waals surface area contributed by atoms with E-state index >= 15 is 0 Å². The number of aryl methyl sites for hydroxylation is 1. The highest BCUT2D eigenvalue weighted by Gasteiger charge is 2.28. The van der Waals surface area contributed by atoms with Gasteiger partial charge in [-0.25, -0.2) is 14.6 Å². The first-order valence-corrected chi connectivity index (χ1v) is 8.74. The fourth-order valence-corrected chi connectivity index (χ4v) is 2.91. The highest BCUT2D eigenvalue weighted by molar-refractivity contribution is 5.89. The van der Waals surface area contributed by atoms with Gasteiger partial charge < -0.3 is 9.52 Å². The molecule has 0 aromatic carbocycles. The molecule has 0 aliphatic heterocycles. The zero-order valence-corrected chi connectivity index (χ0v) is 15.0. The molecule has 0 spiro atoms. The summed E-state index contributed by atoms with van der Waals surface area (Å²) in [7, 11) is 0. The van der Waals surface area contributed by atoms with Gasteiger partial charge in [0.25, 0.3) is 5.56 Å². The van der Waals surface area contributed by atoms with E-state index in [4.69, 9.17) is 9.52 Å². The number of carboxylic acids is 1. The van der Waals surface area contributed by atoms with Gasteiger partial charge in [-0.15, -0.1) is 0 Å². The molecule has 1 aliphatic rings. The molecular weight excluding hydrogens is 366 g/mol. The van der Waals surface area contributed by atoms with Crippen LogP contribution in [0, 0.1) is 6.92 Å². The maximum absolute atomic E-state index is 12.6. The lowest BCUT2D eigenvalue weighted by atomic mass is 10.2. The number of aliphatic carboxylic acids is 1. The third-order valence-electron chi connectivity index (χ3n) is 4.40. The summed E-state index contributed by atoms with van der Waals surface area (Å²) >= 11 is 0. The van der Waals surface area contributed by atoms with Crippen LogP contribution in [0.5, 0.6) is 0 Å². The Bertz CT molecular complexity index is 1130. The smallest absolute Gasteiger partial charge is 0.307 e. The molecule has 1 amide bonds. The number of carbonyl (C=O) groups is 2. The molecule has 3 heterocycles. The van der Waals surface area contributed by atoms with Crippen molar-refractivity contribution < 1.29 is 19.1 Å². The van der Waals surface area contributed by atoms with E-state index < -0.39 is 17.4 Å². The van der Waals surface area contributed by atoms with Gasteiger partial charge in [0.2, 0.25) is 11.9 Å². The number of aromatic nitrogens is 4. The van der Waals surface area contributed by atoms with Crippen molar-refractivity contribution in [1.82, 2.24) is 19.7 Å². The van der Waals surface area contributed by atoms with Crippen LogP contribution in [0.3, 0.4) is 0 Å². The number of anilines is 1. The first-order chi connectivity index (χ1) is 13.4. The van der Waals surface area contributed by atoms with E-state index in [0.717, 1.165) is 23.3 Å². The minimum absolute atomic E-state index is 0.0179. The molecule has 1 aliphatic carbocycles. The molecule has 3 aromatic heterocycles. The average molecular weight is 383 g/mol. The standard InChI is InChI=1S/C18H17N5O5/c1-9-16-12(5-13(28-16)11-2-3-11)17(27)23(22-9)8-14(24)21-18-19-6-10(7-20-18)4-15(25)26/h5-7,11H,2-4,8H2,1H3,(H,25,26)(H,19,20,21,24). The van der Waals surface area contributed by atoms with E-state index in [1.54, 1.807) is 13.0 Å². The van der Waals surface area contributed by atoms with Crippen LogP contribution in [0.15, 0.2) is 27.7 Å². The zero-order chi connectivity index (χ0) is 19.8. The number of rotatable bonds is 6. The summed E-state index contributed by atoms with van der Waals surface area (Å²) in [5.41, 5.74) is 1.00. The van der Waals surface area contributed by atoms with E-state index in [9.17, 15) is 14.4 Å². The summed E-state index contributed by atoms with van der Waals surface area (Å²) in [5.74, 6) is -0.353. The fourth-order valence-electron chi connectivity index (χ4n) is 2.91. The van der Waals surface area contributed by atoms with Crippen molar-refractivity contribution in [2.24, 2.45) is 0 Å². The van der Waals surface area contributed by atoms with Gasteiger partial charge in [0.1, 0.15) is 18.0 Å². The summed E-state index contributed by atoms with van der Waals surface area (Å²) in [5, 5.41) is 15.8. The summed E-state index contributed by atoms with van der Waals surface area (Å²) in [6.07, 6.45) is 4.53. The van der Waals surface area contributed by atoms with Gasteiger partial charge >= 0.3 is 5.97 Å². The van der Waals surface area contributed by atoms with E-state index in [1.807, 2.05) is 0 Å². The van der Waals surface area contributed by atoms with Crippen LogP contribution in [0.1, 0.15) is 35.8 Å². The second-order valence-corrected chi connectivity index (χ2v) is 6.75. The van der Waals surface area contributed by atoms with Crippen molar-refractivity contribution in [2.45, 2.75) is 38.6 Å². The van der Waals surface area contributed by atoms with Crippen molar-refractivity contribution in [3.63, 3.8) is 0 Å². The third-order valence-corrected chi connectivity index (χ3v) is 4.40. The Labute approximate surface area is 158 Å². The Balaban J connectivity index is 1.51. The van der Waals surface area contributed by atoms with Crippen molar-refractivity contribution in [3.05, 3.63) is 45.8 Å². The molecule has 10 heteroatoms. The Morgan fingerprint density at radius 1 is 1.32 bits per heavy atom. The van der Waals surface area contributed by atoms with Crippen LogP contribution in [0.4, 0.5) is 5.95 Å². The van der Waals surface area contributed by atoms with Crippen molar-refractivity contribution in [2.75, 3.05) is 5.32 Å². The second kappa shape index (κ2) is 6.87. The number of nitrogens with zero attached hydrogens (tertiary/aromatic N) is 4. The predicted octanol–water partition coefficient (Wildman–Crippen LogP) is 1.23. The van der Waals surface area contributed by atoms with Gasteiger partial charge in [-0.1, -0.05) is 0 Å². The molecule has 0 radical (unpaired) electrons. The molecule has 0 atom stereocenters. The quantitative estimate of drug-likeness (QED) is 0.648. The van der Waals surface area contributed by atoms with Gasteiger partial charge in [0.05, 0.1) is 11.8 Å². The molecule has 0 bridgehead atoms. The van der Waals surface area contributed by atoms with Crippen molar-refractivity contribution in [1.29, 1.82) is 0 Å². The molecule has 1 fully saturated rings. The lowest BCUT2D eigenvalue weighted by Gasteiger charge is -2.07. The molecule has 144 valence electrons. The number of hydrogen-bond donors (Lipinski definition) is 2. The first kappa shape index (κ1) is 17.8. The van der Waals surface area contributed by atoms with Gasteiger partial charge in [-0.3, -0.25) is 19.7 Å². The number of carbonyl (C=O) groups excluding carboxylic acids is 1. The Hall–Kier alpha value is -3.56. The lowest BCUT2D eigenvalue weighted by molar-refractivity contribution is -0.136. The van der Waals surface area contributed by atoms with E-state index in [0.29, 0.717) is 28.1 Å². The summed E-state index contributed by atoms with van der Waals surface area (Å²) < 4.78 is 6.84. The number of fused-ring (bicyclic) bond motifs is 1. The molecule has 3 aromatic rings. The Kier molecular flexibility index (Phi) is 4.38. The second-order valence-electron chi connectivity index (χ2n) is 6.75. The Morgan fingerprint density at radius 3 is 2.68 bits per heavy atom. The van der Waals surface area contributed by atoms with Crippen LogP contribution in [-0.2, 0) is 22.6 Å². The molecule has 0 saturated heterocycles. The largest absolute Gasteiger partial charge is 0.481 e. The minimum atomic E-state index is -0.999. The number of carboxylic acid groups (broad SMARTS) is 1. The fraction of sp³-hybridized carbons (Fsp3) is 0.333. The third kappa shape index (κ3) is 3.61. The van der Waals surface area contributed by atoms with Crippen LogP contribution in [-0.4, -0.2) is 36.7 Å². The van der Waals surface area contributed by atoms with Crippen molar-refractivity contribution >= 4 is 28.8 Å². The molecule has 1 saturated carbocycles. The highest BCUT2D eigenvalue weighted by Crippen LogP contribution is 2.41. The molecule has 28 heavy (non-hydrogen) atoms. The highest BCUT2D eigenvalue weighted by atomic mass is 16.4. The monoisotopic (exact) mass is 383 g/mol. The van der Waals surface area contributed by atoms with Gasteiger partial charge in [0, 0.05) is 23.9 Å². The van der Waals surface area contributed by atoms with Gasteiger partial charge in [0.15, 0.2) is 5.58 Å². The molecule has 2 N–H and O–H groups in total. The van der Waals surface area contributed by atoms with Crippen molar-refractivity contribution in [3.8, 4) is 0 Å². The topological polar surface area (TPSA) is 140 Å². The van der Waals surface area contributed by atoms with E-state index in [-0.39, 0.29) is 18.9 Å².